The van der Waals surface area contributed by atoms with Gasteiger partial charge in [-0.05, 0) is 38.8 Å². The van der Waals surface area contributed by atoms with Crippen molar-refractivity contribution >= 4 is 34.5 Å². The molecule has 36 heavy (non-hydrogen) atoms. The maximum atomic E-state index is 13.1. The van der Waals surface area contributed by atoms with Gasteiger partial charge in [0.2, 0.25) is 5.91 Å². The number of nitrogens with zero attached hydrogens (tertiary/aromatic N) is 5. The predicted molar refractivity (Wildman–Crippen MR) is 137 cm³/mol. The number of rotatable bonds is 4. The first-order valence-corrected chi connectivity index (χ1v) is 11.9. The van der Waals surface area contributed by atoms with Crippen molar-refractivity contribution in [2.24, 2.45) is 0 Å². The van der Waals surface area contributed by atoms with Crippen molar-refractivity contribution in [1.82, 2.24) is 29.8 Å². The molecule has 3 aromatic heterocycles. The summed E-state index contributed by atoms with van der Waals surface area (Å²) in [6.07, 6.45) is 7.77. The van der Waals surface area contributed by atoms with Gasteiger partial charge in [0.1, 0.15) is 5.65 Å². The largest absolute Gasteiger partial charge is 0.356 e. The summed E-state index contributed by atoms with van der Waals surface area (Å²) in [5.74, 6) is 0.0137. The number of anilines is 1. The van der Waals surface area contributed by atoms with E-state index in [1.165, 1.54) is 16.3 Å². The first-order chi connectivity index (χ1) is 17.4. The van der Waals surface area contributed by atoms with Crippen LogP contribution in [0.4, 0.5) is 10.4 Å². The summed E-state index contributed by atoms with van der Waals surface area (Å²) in [5, 5.41) is 3.76. The van der Waals surface area contributed by atoms with E-state index in [-0.39, 0.29) is 17.4 Å². The van der Waals surface area contributed by atoms with Crippen LogP contribution in [-0.4, -0.2) is 37.0 Å². The standard InChI is InChI=1S/C20H16ClFN6O.C5H9NO/c1-3-28-18-13(9-24-20(26-18)27-22)6-15(19(28)29)14-5-4-12(7-16(14)21)17-10-23-8-11(2)25-17;7-5-3-1-2-4-6-5/h4-10H,3H2,1-2H3,(H,24,26,27);1-4H2,(H,6,7). The van der Waals surface area contributed by atoms with Gasteiger partial charge in [-0.1, -0.05) is 23.7 Å². The highest BCUT2D eigenvalue weighted by Gasteiger charge is 2.16. The van der Waals surface area contributed by atoms with Crippen molar-refractivity contribution in [3.8, 4) is 22.4 Å². The van der Waals surface area contributed by atoms with E-state index >= 15 is 0 Å². The van der Waals surface area contributed by atoms with Crippen LogP contribution in [0, 0.1) is 6.92 Å². The van der Waals surface area contributed by atoms with E-state index < -0.39 is 0 Å². The molecule has 1 fully saturated rings. The lowest BCUT2D eigenvalue weighted by Gasteiger charge is -2.12. The van der Waals surface area contributed by atoms with Crippen molar-refractivity contribution in [2.45, 2.75) is 39.7 Å². The number of fused-ring (bicyclic) bond motifs is 1. The Balaban J connectivity index is 0.000000375. The fraction of sp³-hybridized carbons (Fsp3) is 0.280. The number of pyridine rings is 1. The van der Waals surface area contributed by atoms with Gasteiger partial charge in [0.15, 0.2) is 0 Å². The highest BCUT2D eigenvalue weighted by atomic mass is 35.5. The molecule has 0 bridgehead atoms. The van der Waals surface area contributed by atoms with Crippen molar-refractivity contribution in [3.05, 3.63) is 63.9 Å². The molecule has 2 N–H and O–H groups in total. The van der Waals surface area contributed by atoms with E-state index in [1.54, 1.807) is 30.6 Å². The highest BCUT2D eigenvalue weighted by Crippen LogP contribution is 2.31. The minimum atomic E-state index is -0.270. The number of carbonyl (C=O) groups is 1. The topological polar surface area (TPSA) is 115 Å². The Morgan fingerprint density at radius 2 is 1.94 bits per heavy atom. The van der Waals surface area contributed by atoms with Gasteiger partial charge in [-0.3, -0.25) is 19.1 Å². The third-order valence-electron chi connectivity index (χ3n) is 5.69. The molecule has 1 aromatic carbocycles. The second-order valence-corrected chi connectivity index (χ2v) is 8.63. The lowest BCUT2D eigenvalue weighted by Crippen LogP contribution is -2.28. The number of aryl methyl sites for hydroxylation is 2. The molecule has 11 heteroatoms. The Bertz CT molecular complexity index is 1470. The summed E-state index contributed by atoms with van der Waals surface area (Å²) in [5.41, 5.74) is 4.76. The Labute approximate surface area is 211 Å². The van der Waals surface area contributed by atoms with Crippen LogP contribution in [0.5, 0.6) is 0 Å². The minimum Gasteiger partial charge on any atom is -0.356 e. The molecule has 4 heterocycles. The molecule has 186 valence electrons. The SMILES string of the molecule is CCn1c(=O)c(-c2ccc(-c3cncc(C)n3)cc2Cl)cc2cnc(NF)nc21.O=C1CCCCN1. The van der Waals surface area contributed by atoms with Gasteiger partial charge < -0.3 is 5.32 Å². The van der Waals surface area contributed by atoms with E-state index in [9.17, 15) is 14.1 Å². The molecule has 1 aliphatic heterocycles. The molecule has 1 aliphatic rings. The zero-order valence-electron chi connectivity index (χ0n) is 19.9. The van der Waals surface area contributed by atoms with Crippen molar-refractivity contribution < 1.29 is 9.28 Å². The van der Waals surface area contributed by atoms with Gasteiger partial charge in [-0.2, -0.15) is 10.5 Å². The summed E-state index contributed by atoms with van der Waals surface area (Å²) in [4.78, 5) is 40.0. The molecule has 4 aromatic rings. The molecule has 0 unspecified atom stereocenters. The van der Waals surface area contributed by atoms with E-state index in [1.807, 2.05) is 19.9 Å². The first kappa shape index (κ1) is 25.2. The molecule has 0 spiro atoms. The molecule has 0 atom stereocenters. The van der Waals surface area contributed by atoms with Crippen molar-refractivity contribution in [3.63, 3.8) is 0 Å². The summed E-state index contributed by atoms with van der Waals surface area (Å²) in [7, 11) is 0. The Kier molecular flexibility index (Phi) is 7.84. The van der Waals surface area contributed by atoms with E-state index in [0.29, 0.717) is 39.4 Å². The quantitative estimate of drug-likeness (QED) is 0.390. The highest BCUT2D eigenvalue weighted by molar-refractivity contribution is 6.33. The zero-order chi connectivity index (χ0) is 25.7. The maximum Gasteiger partial charge on any atom is 0.260 e. The van der Waals surface area contributed by atoms with E-state index in [2.05, 4.69) is 25.3 Å². The van der Waals surface area contributed by atoms with Gasteiger partial charge in [0, 0.05) is 59.0 Å². The maximum absolute atomic E-state index is 13.1. The lowest BCUT2D eigenvalue weighted by atomic mass is 10.0. The van der Waals surface area contributed by atoms with Crippen molar-refractivity contribution in [1.29, 1.82) is 0 Å². The molecule has 0 saturated carbocycles. The summed E-state index contributed by atoms with van der Waals surface area (Å²) in [6, 6.07) is 7.05. The number of nitrogens with one attached hydrogen (secondary N) is 2. The Hall–Kier alpha value is -3.92. The number of halogens is 2. The van der Waals surface area contributed by atoms with E-state index in [4.69, 9.17) is 11.6 Å². The number of carbonyl (C=O) groups excluding carboxylic acids is 1. The third-order valence-corrected chi connectivity index (χ3v) is 6.00. The number of benzene rings is 1. The van der Waals surface area contributed by atoms with Gasteiger partial charge in [0.05, 0.1) is 17.6 Å². The van der Waals surface area contributed by atoms with Gasteiger partial charge >= 0.3 is 0 Å². The van der Waals surface area contributed by atoms with Crippen LogP contribution in [-0.2, 0) is 11.3 Å². The predicted octanol–water partition coefficient (Wildman–Crippen LogP) is 4.48. The second kappa shape index (κ2) is 11.2. The molecular formula is C25H25ClFN7O2. The second-order valence-electron chi connectivity index (χ2n) is 8.22. The fourth-order valence-electron chi connectivity index (χ4n) is 3.91. The number of aromatic nitrogens is 5. The smallest absolute Gasteiger partial charge is 0.260 e. The summed E-state index contributed by atoms with van der Waals surface area (Å²) >= 11 is 6.53. The molecule has 1 amide bonds. The van der Waals surface area contributed by atoms with Crippen LogP contribution in [0.1, 0.15) is 31.9 Å². The lowest BCUT2D eigenvalue weighted by molar-refractivity contribution is -0.122. The summed E-state index contributed by atoms with van der Waals surface area (Å²) in [6.45, 7) is 4.93. The molecule has 0 radical (unpaired) electrons. The monoisotopic (exact) mass is 509 g/mol. The Morgan fingerprint density at radius 3 is 2.56 bits per heavy atom. The number of hydrogen-bond acceptors (Lipinski definition) is 7. The van der Waals surface area contributed by atoms with Crippen LogP contribution < -0.4 is 16.4 Å². The van der Waals surface area contributed by atoms with Gasteiger partial charge in [-0.15, -0.1) is 4.48 Å². The van der Waals surface area contributed by atoms with Crippen LogP contribution in [0.2, 0.25) is 5.02 Å². The number of hydrogen-bond donors (Lipinski definition) is 2. The first-order valence-electron chi connectivity index (χ1n) is 11.5. The molecule has 0 aliphatic carbocycles. The van der Waals surface area contributed by atoms with Crippen LogP contribution in [0.3, 0.4) is 0 Å². The minimum absolute atomic E-state index is 0.200. The summed E-state index contributed by atoms with van der Waals surface area (Å²) < 4.78 is 14.2. The Morgan fingerprint density at radius 1 is 1.11 bits per heavy atom. The fourth-order valence-corrected chi connectivity index (χ4v) is 4.20. The van der Waals surface area contributed by atoms with Crippen molar-refractivity contribution in [2.75, 3.05) is 12.1 Å². The molecule has 5 rings (SSSR count). The van der Waals surface area contributed by atoms with Gasteiger partial charge in [-0.25, -0.2) is 9.97 Å². The van der Waals surface area contributed by atoms with Crippen LogP contribution >= 0.6 is 11.6 Å². The number of amides is 1. The normalized spacial score (nSPS) is 13.1. The number of piperidine rings is 1. The van der Waals surface area contributed by atoms with E-state index in [0.717, 1.165) is 37.1 Å². The average molecular weight is 510 g/mol. The zero-order valence-corrected chi connectivity index (χ0v) is 20.6. The molecular weight excluding hydrogens is 485 g/mol. The van der Waals surface area contributed by atoms with Crippen LogP contribution in [0.25, 0.3) is 33.4 Å². The molecule has 9 nitrogen and oxygen atoms in total. The third kappa shape index (κ3) is 5.49. The van der Waals surface area contributed by atoms with Crippen LogP contribution in [0.15, 0.2) is 47.7 Å². The average Bonchev–Trinajstić information content (AvgIpc) is 2.89. The molecule has 1 saturated heterocycles. The van der Waals surface area contributed by atoms with Gasteiger partial charge in [0.25, 0.3) is 11.5 Å².